The molecule has 4 nitrogen and oxygen atoms in total. The summed E-state index contributed by atoms with van der Waals surface area (Å²) in [6, 6.07) is 21.4. The van der Waals surface area contributed by atoms with Crippen LogP contribution < -0.4 is 10.2 Å². The van der Waals surface area contributed by atoms with Crippen molar-refractivity contribution >= 4 is 32.8 Å². The molecule has 4 heteroatoms. The SMILES string of the molecule is CCn1c2ccccc2c2cc(-c3cc(=O)c4ccc(OC)cc4o3)ccc21. The van der Waals surface area contributed by atoms with E-state index < -0.39 is 0 Å². The number of para-hydroxylation sites is 1. The van der Waals surface area contributed by atoms with E-state index in [0.29, 0.717) is 22.5 Å². The Labute approximate surface area is 161 Å². The predicted molar refractivity (Wildman–Crippen MR) is 113 cm³/mol. The molecule has 0 bridgehead atoms. The highest BCUT2D eigenvalue weighted by Gasteiger charge is 2.13. The first-order valence-electron chi connectivity index (χ1n) is 9.33. The number of benzene rings is 3. The van der Waals surface area contributed by atoms with E-state index in [4.69, 9.17) is 9.15 Å². The van der Waals surface area contributed by atoms with Crippen molar-refractivity contribution in [2.75, 3.05) is 7.11 Å². The third-order valence-corrected chi connectivity index (χ3v) is 5.31. The highest BCUT2D eigenvalue weighted by Crippen LogP contribution is 2.33. The summed E-state index contributed by atoms with van der Waals surface area (Å²) in [5.41, 5.74) is 3.74. The number of methoxy groups -OCH3 is 1. The van der Waals surface area contributed by atoms with Crippen molar-refractivity contribution in [1.29, 1.82) is 0 Å². The quantitative estimate of drug-likeness (QED) is 0.416. The molecule has 0 radical (unpaired) electrons. The second-order valence-electron chi connectivity index (χ2n) is 6.83. The Kier molecular flexibility index (Phi) is 3.72. The zero-order valence-electron chi connectivity index (χ0n) is 15.7. The number of hydrogen-bond donors (Lipinski definition) is 0. The smallest absolute Gasteiger partial charge is 0.193 e. The minimum atomic E-state index is -0.0602. The molecular formula is C24H19NO3. The molecule has 5 rings (SSSR count). The third kappa shape index (κ3) is 2.42. The van der Waals surface area contributed by atoms with Crippen LogP contribution in [0.3, 0.4) is 0 Å². The van der Waals surface area contributed by atoms with Gasteiger partial charge in [-0.25, -0.2) is 0 Å². The Morgan fingerprint density at radius 3 is 2.54 bits per heavy atom. The van der Waals surface area contributed by atoms with E-state index in [-0.39, 0.29) is 5.43 Å². The van der Waals surface area contributed by atoms with Crippen LogP contribution in [0.25, 0.3) is 44.1 Å². The number of hydrogen-bond acceptors (Lipinski definition) is 3. The first-order valence-corrected chi connectivity index (χ1v) is 9.33. The summed E-state index contributed by atoms with van der Waals surface area (Å²) >= 11 is 0. The van der Waals surface area contributed by atoms with E-state index >= 15 is 0 Å². The molecule has 0 unspecified atom stereocenters. The maximum absolute atomic E-state index is 12.6. The van der Waals surface area contributed by atoms with Crippen molar-refractivity contribution in [2.24, 2.45) is 0 Å². The number of aryl methyl sites for hydroxylation is 1. The Balaban J connectivity index is 1.77. The first-order chi connectivity index (χ1) is 13.7. The fourth-order valence-corrected chi connectivity index (χ4v) is 3.95. The second-order valence-corrected chi connectivity index (χ2v) is 6.83. The van der Waals surface area contributed by atoms with Gasteiger partial charge in [-0.1, -0.05) is 18.2 Å². The summed E-state index contributed by atoms with van der Waals surface area (Å²) < 4.78 is 13.6. The Morgan fingerprint density at radius 1 is 0.893 bits per heavy atom. The molecule has 0 saturated carbocycles. The molecule has 0 aliphatic heterocycles. The van der Waals surface area contributed by atoms with E-state index in [2.05, 4.69) is 47.9 Å². The molecule has 0 aliphatic carbocycles. The second kappa shape index (κ2) is 6.27. The lowest BCUT2D eigenvalue weighted by molar-refractivity contribution is 0.414. The molecular weight excluding hydrogens is 350 g/mol. The van der Waals surface area contributed by atoms with Crippen LogP contribution >= 0.6 is 0 Å². The van der Waals surface area contributed by atoms with Gasteiger partial charge in [0.1, 0.15) is 17.1 Å². The van der Waals surface area contributed by atoms with E-state index in [1.165, 1.54) is 16.4 Å². The molecule has 0 fully saturated rings. The van der Waals surface area contributed by atoms with Gasteiger partial charge in [-0.2, -0.15) is 0 Å². The lowest BCUT2D eigenvalue weighted by atomic mass is 10.1. The van der Waals surface area contributed by atoms with E-state index in [1.807, 2.05) is 6.07 Å². The Hall–Kier alpha value is -3.53. The highest BCUT2D eigenvalue weighted by atomic mass is 16.5. The van der Waals surface area contributed by atoms with Gasteiger partial charge in [-0.05, 0) is 43.3 Å². The fraction of sp³-hybridized carbons (Fsp3) is 0.125. The molecule has 0 atom stereocenters. The molecule has 3 aromatic carbocycles. The number of rotatable bonds is 3. The zero-order valence-corrected chi connectivity index (χ0v) is 15.7. The molecule has 138 valence electrons. The summed E-state index contributed by atoms with van der Waals surface area (Å²) in [4.78, 5) is 12.6. The van der Waals surface area contributed by atoms with Crippen LogP contribution in [0.1, 0.15) is 6.92 Å². The average Bonchev–Trinajstić information content (AvgIpc) is 3.06. The van der Waals surface area contributed by atoms with Crippen molar-refractivity contribution in [2.45, 2.75) is 13.5 Å². The molecule has 2 heterocycles. The molecule has 0 N–H and O–H groups in total. The van der Waals surface area contributed by atoms with E-state index in [0.717, 1.165) is 17.5 Å². The maximum atomic E-state index is 12.6. The number of nitrogens with zero attached hydrogens (tertiary/aromatic N) is 1. The van der Waals surface area contributed by atoms with Crippen molar-refractivity contribution in [3.05, 3.63) is 77.0 Å². The lowest BCUT2D eigenvalue weighted by Crippen LogP contribution is -2.00. The lowest BCUT2D eigenvalue weighted by Gasteiger charge is -2.06. The number of fused-ring (bicyclic) bond motifs is 4. The van der Waals surface area contributed by atoms with Crippen LogP contribution in [0.2, 0.25) is 0 Å². The Bertz CT molecular complexity index is 1410. The van der Waals surface area contributed by atoms with E-state index in [9.17, 15) is 4.79 Å². The topological polar surface area (TPSA) is 44.4 Å². The van der Waals surface area contributed by atoms with Gasteiger partial charge >= 0.3 is 0 Å². The van der Waals surface area contributed by atoms with Gasteiger partial charge in [0, 0.05) is 46.0 Å². The van der Waals surface area contributed by atoms with E-state index in [1.54, 1.807) is 31.4 Å². The van der Waals surface area contributed by atoms with Crippen LogP contribution in [0.4, 0.5) is 0 Å². The summed E-state index contributed by atoms with van der Waals surface area (Å²) in [7, 11) is 1.60. The fourth-order valence-electron chi connectivity index (χ4n) is 3.95. The first kappa shape index (κ1) is 16.6. The third-order valence-electron chi connectivity index (χ3n) is 5.31. The largest absolute Gasteiger partial charge is 0.497 e. The van der Waals surface area contributed by atoms with Crippen LogP contribution in [0.15, 0.2) is 75.9 Å². The summed E-state index contributed by atoms with van der Waals surface area (Å²) in [6.07, 6.45) is 0. The highest BCUT2D eigenvalue weighted by molar-refractivity contribution is 6.09. The van der Waals surface area contributed by atoms with Gasteiger partial charge < -0.3 is 13.7 Å². The maximum Gasteiger partial charge on any atom is 0.193 e. The standard InChI is InChI=1S/C24H19NO3/c1-3-25-20-7-5-4-6-17(20)19-12-15(8-11-21(19)25)23-14-22(26)18-10-9-16(27-2)13-24(18)28-23/h4-14H,3H2,1-2H3. The molecule has 28 heavy (non-hydrogen) atoms. The normalized spacial score (nSPS) is 11.5. The van der Waals surface area contributed by atoms with Crippen molar-refractivity contribution in [3.63, 3.8) is 0 Å². The van der Waals surface area contributed by atoms with Gasteiger partial charge in [0.25, 0.3) is 0 Å². The number of aromatic nitrogens is 1. The molecule has 0 aliphatic rings. The van der Waals surface area contributed by atoms with Gasteiger partial charge in [0.2, 0.25) is 0 Å². The van der Waals surface area contributed by atoms with Crippen LogP contribution in [0, 0.1) is 0 Å². The van der Waals surface area contributed by atoms with Crippen LogP contribution in [0.5, 0.6) is 5.75 Å². The van der Waals surface area contributed by atoms with Crippen LogP contribution in [-0.2, 0) is 6.54 Å². The summed E-state index contributed by atoms with van der Waals surface area (Å²) in [5.74, 6) is 1.22. The molecule has 0 saturated heterocycles. The molecule has 0 amide bonds. The monoisotopic (exact) mass is 369 g/mol. The van der Waals surface area contributed by atoms with Crippen molar-refractivity contribution < 1.29 is 9.15 Å². The van der Waals surface area contributed by atoms with Crippen LogP contribution in [-0.4, -0.2) is 11.7 Å². The van der Waals surface area contributed by atoms with Gasteiger partial charge in [-0.15, -0.1) is 0 Å². The minimum Gasteiger partial charge on any atom is -0.497 e. The van der Waals surface area contributed by atoms with Gasteiger partial charge in [0.05, 0.1) is 12.5 Å². The van der Waals surface area contributed by atoms with Crippen molar-refractivity contribution in [1.82, 2.24) is 4.57 Å². The zero-order chi connectivity index (χ0) is 19.3. The summed E-state index contributed by atoms with van der Waals surface area (Å²) in [6.45, 7) is 3.05. The minimum absolute atomic E-state index is 0.0602. The average molecular weight is 369 g/mol. The molecule has 2 aromatic heterocycles. The van der Waals surface area contributed by atoms with Crippen molar-refractivity contribution in [3.8, 4) is 17.1 Å². The molecule has 0 spiro atoms. The summed E-state index contributed by atoms with van der Waals surface area (Å²) in [5, 5.41) is 2.91. The molecule has 5 aromatic rings. The predicted octanol–water partition coefficient (Wildman–Crippen LogP) is 5.60. The van der Waals surface area contributed by atoms with Gasteiger partial charge in [0.15, 0.2) is 5.43 Å². The van der Waals surface area contributed by atoms with Gasteiger partial charge in [-0.3, -0.25) is 4.79 Å². The number of ether oxygens (including phenoxy) is 1. The Morgan fingerprint density at radius 2 is 1.71 bits per heavy atom.